The van der Waals surface area contributed by atoms with E-state index < -0.39 is 27.7 Å². The van der Waals surface area contributed by atoms with Crippen molar-refractivity contribution in [2.45, 2.75) is 12.5 Å². The molecule has 2 aromatic rings. The molecule has 144 valence electrons. The molecule has 1 atom stereocenters. The highest BCUT2D eigenvalue weighted by atomic mass is 32.2. The van der Waals surface area contributed by atoms with Crippen molar-refractivity contribution >= 4 is 27.3 Å². The molecule has 0 radical (unpaired) electrons. The fraction of sp³-hybridized carbons (Fsp3) is 0.263. The SMILES string of the molecule is CN(C(=O)c1cc(C(=O)Nc2ccc(C#N)cc2)ccn1)C1CCS(=O)(=O)C1. The minimum atomic E-state index is -3.12. The van der Waals surface area contributed by atoms with Gasteiger partial charge in [0.25, 0.3) is 11.8 Å². The predicted octanol–water partition coefficient (Wildman–Crippen LogP) is 1.46. The van der Waals surface area contributed by atoms with E-state index in [1.807, 2.05) is 6.07 Å². The smallest absolute Gasteiger partial charge is 0.272 e. The maximum atomic E-state index is 12.7. The maximum absolute atomic E-state index is 12.7. The Morgan fingerprint density at radius 2 is 1.96 bits per heavy atom. The van der Waals surface area contributed by atoms with Crippen LogP contribution in [-0.2, 0) is 9.84 Å². The van der Waals surface area contributed by atoms with Crippen LogP contribution < -0.4 is 5.32 Å². The van der Waals surface area contributed by atoms with Crippen molar-refractivity contribution in [3.63, 3.8) is 0 Å². The molecule has 0 saturated carbocycles. The molecule has 0 bridgehead atoms. The van der Waals surface area contributed by atoms with Gasteiger partial charge in [0.05, 0.1) is 23.1 Å². The zero-order valence-corrected chi connectivity index (χ0v) is 15.9. The molecule has 1 aromatic carbocycles. The lowest BCUT2D eigenvalue weighted by molar-refractivity contribution is 0.0742. The van der Waals surface area contributed by atoms with E-state index in [9.17, 15) is 18.0 Å². The number of sulfone groups is 1. The number of pyridine rings is 1. The van der Waals surface area contributed by atoms with Gasteiger partial charge in [-0.15, -0.1) is 0 Å². The highest BCUT2D eigenvalue weighted by Crippen LogP contribution is 2.18. The summed E-state index contributed by atoms with van der Waals surface area (Å²) in [5, 5.41) is 11.5. The summed E-state index contributed by atoms with van der Waals surface area (Å²) in [6.07, 6.45) is 1.75. The van der Waals surface area contributed by atoms with Gasteiger partial charge in [0.2, 0.25) is 0 Å². The molecule has 1 aliphatic rings. The number of nitrogens with zero attached hydrogens (tertiary/aromatic N) is 3. The van der Waals surface area contributed by atoms with E-state index in [-0.39, 0.29) is 22.8 Å². The Hall–Kier alpha value is -3.25. The van der Waals surface area contributed by atoms with Crippen LogP contribution in [0, 0.1) is 11.3 Å². The van der Waals surface area contributed by atoms with Crippen molar-refractivity contribution < 1.29 is 18.0 Å². The van der Waals surface area contributed by atoms with Crippen LogP contribution in [0.1, 0.15) is 32.8 Å². The molecule has 3 rings (SSSR count). The highest BCUT2D eigenvalue weighted by molar-refractivity contribution is 7.91. The first-order valence-electron chi connectivity index (χ1n) is 8.54. The van der Waals surface area contributed by atoms with Gasteiger partial charge in [0.1, 0.15) is 5.69 Å². The molecule has 1 N–H and O–H groups in total. The molecule has 8 nitrogen and oxygen atoms in total. The lowest BCUT2D eigenvalue weighted by atomic mass is 10.1. The van der Waals surface area contributed by atoms with Gasteiger partial charge in [0, 0.05) is 30.5 Å². The maximum Gasteiger partial charge on any atom is 0.272 e. The lowest BCUT2D eigenvalue weighted by Gasteiger charge is -2.23. The van der Waals surface area contributed by atoms with E-state index in [1.165, 1.54) is 23.2 Å². The van der Waals surface area contributed by atoms with Crippen LogP contribution in [0.5, 0.6) is 0 Å². The number of anilines is 1. The van der Waals surface area contributed by atoms with Gasteiger partial charge in [-0.3, -0.25) is 14.6 Å². The summed E-state index contributed by atoms with van der Waals surface area (Å²) in [7, 11) is -1.58. The molecule has 28 heavy (non-hydrogen) atoms. The van der Waals surface area contributed by atoms with E-state index in [1.54, 1.807) is 31.3 Å². The van der Waals surface area contributed by atoms with E-state index in [4.69, 9.17) is 5.26 Å². The Morgan fingerprint density at radius 3 is 2.57 bits per heavy atom. The second kappa shape index (κ2) is 7.78. The van der Waals surface area contributed by atoms with Crippen LogP contribution in [0.25, 0.3) is 0 Å². The molecule has 1 fully saturated rings. The monoisotopic (exact) mass is 398 g/mol. The fourth-order valence-electron chi connectivity index (χ4n) is 2.95. The highest BCUT2D eigenvalue weighted by Gasteiger charge is 2.33. The van der Waals surface area contributed by atoms with Crippen molar-refractivity contribution in [3.05, 3.63) is 59.4 Å². The Balaban J connectivity index is 1.73. The van der Waals surface area contributed by atoms with Gasteiger partial charge in [-0.2, -0.15) is 5.26 Å². The summed E-state index contributed by atoms with van der Waals surface area (Å²) in [5.41, 5.74) is 1.31. The summed E-state index contributed by atoms with van der Waals surface area (Å²) in [5.74, 6) is -0.855. The van der Waals surface area contributed by atoms with Gasteiger partial charge >= 0.3 is 0 Å². The first-order chi connectivity index (χ1) is 13.3. The average Bonchev–Trinajstić information content (AvgIpc) is 3.07. The first-order valence-corrected chi connectivity index (χ1v) is 10.4. The van der Waals surface area contributed by atoms with E-state index in [0.717, 1.165) is 0 Å². The first kappa shape index (κ1) is 19.5. The lowest BCUT2D eigenvalue weighted by Crippen LogP contribution is -2.38. The van der Waals surface area contributed by atoms with Gasteiger partial charge in [-0.05, 0) is 42.8 Å². The Morgan fingerprint density at radius 1 is 1.25 bits per heavy atom. The minimum absolute atomic E-state index is 0.0614. The van der Waals surface area contributed by atoms with Gasteiger partial charge in [-0.25, -0.2) is 8.42 Å². The second-order valence-electron chi connectivity index (χ2n) is 6.55. The summed E-state index contributed by atoms with van der Waals surface area (Å²) >= 11 is 0. The van der Waals surface area contributed by atoms with Gasteiger partial charge in [0.15, 0.2) is 9.84 Å². The fourth-order valence-corrected chi connectivity index (χ4v) is 4.72. The van der Waals surface area contributed by atoms with Crippen LogP contribution in [0.4, 0.5) is 5.69 Å². The normalized spacial score (nSPS) is 17.5. The van der Waals surface area contributed by atoms with Crippen LogP contribution in [-0.4, -0.2) is 54.7 Å². The molecule has 9 heteroatoms. The van der Waals surface area contributed by atoms with Crippen LogP contribution in [0.3, 0.4) is 0 Å². The standard InChI is InChI=1S/C19H18N4O4S/c1-23(16-7-9-28(26,27)12-16)19(25)17-10-14(6-8-21-17)18(24)22-15-4-2-13(11-20)3-5-15/h2-6,8,10,16H,7,9,12H2,1H3,(H,22,24). The number of aromatic nitrogens is 1. The molecule has 1 aromatic heterocycles. The van der Waals surface area contributed by atoms with E-state index >= 15 is 0 Å². The molecule has 2 amide bonds. The zero-order chi connectivity index (χ0) is 20.3. The number of carbonyl (C=O) groups excluding carboxylic acids is 2. The molecule has 2 heterocycles. The van der Waals surface area contributed by atoms with Crippen molar-refractivity contribution in [1.29, 1.82) is 5.26 Å². The molecule has 0 spiro atoms. The third kappa shape index (κ3) is 4.35. The quantitative estimate of drug-likeness (QED) is 0.832. The number of amides is 2. The predicted molar refractivity (Wildman–Crippen MR) is 102 cm³/mol. The van der Waals surface area contributed by atoms with Crippen molar-refractivity contribution in [1.82, 2.24) is 9.88 Å². The van der Waals surface area contributed by atoms with E-state index in [2.05, 4.69) is 10.3 Å². The molecule has 1 aliphatic heterocycles. The average molecular weight is 398 g/mol. The number of nitriles is 1. The Bertz CT molecular complexity index is 1060. The number of hydrogen-bond acceptors (Lipinski definition) is 6. The molecule has 1 unspecified atom stereocenters. The number of carbonyl (C=O) groups is 2. The Labute approximate surface area is 162 Å². The number of rotatable bonds is 4. The minimum Gasteiger partial charge on any atom is -0.336 e. The van der Waals surface area contributed by atoms with Crippen LogP contribution >= 0.6 is 0 Å². The van der Waals surface area contributed by atoms with Gasteiger partial charge in [-0.1, -0.05) is 0 Å². The summed E-state index contributed by atoms with van der Waals surface area (Å²) in [6.45, 7) is 0. The topological polar surface area (TPSA) is 120 Å². The summed E-state index contributed by atoms with van der Waals surface area (Å²) in [4.78, 5) is 30.5. The zero-order valence-electron chi connectivity index (χ0n) is 15.1. The van der Waals surface area contributed by atoms with E-state index in [0.29, 0.717) is 17.7 Å². The summed E-state index contributed by atoms with van der Waals surface area (Å²) in [6, 6.07) is 10.9. The van der Waals surface area contributed by atoms with Crippen LogP contribution in [0.2, 0.25) is 0 Å². The number of benzene rings is 1. The van der Waals surface area contributed by atoms with Crippen LogP contribution in [0.15, 0.2) is 42.6 Å². The largest absolute Gasteiger partial charge is 0.336 e. The summed E-state index contributed by atoms with van der Waals surface area (Å²) < 4.78 is 23.3. The molecular formula is C19H18N4O4S. The molecular weight excluding hydrogens is 380 g/mol. The molecule has 0 aliphatic carbocycles. The third-order valence-electron chi connectivity index (χ3n) is 4.59. The second-order valence-corrected chi connectivity index (χ2v) is 8.77. The number of hydrogen-bond donors (Lipinski definition) is 1. The molecule has 1 saturated heterocycles. The van der Waals surface area contributed by atoms with Crippen molar-refractivity contribution in [2.75, 3.05) is 23.9 Å². The van der Waals surface area contributed by atoms with Crippen molar-refractivity contribution in [3.8, 4) is 6.07 Å². The third-order valence-corrected chi connectivity index (χ3v) is 6.34. The Kier molecular flexibility index (Phi) is 5.42. The van der Waals surface area contributed by atoms with Gasteiger partial charge < -0.3 is 10.2 Å². The number of nitrogens with one attached hydrogen (secondary N) is 1. The van der Waals surface area contributed by atoms with Crippen molar-refractivity contribution in [2.24, 2.45) is 0 Å².